The van der Waals surface area contributed by atoms with E-state index in [-0.39, 0.29) is 29.5 Å². The van der Waals surface area contributed by atoms with E-state index in [2.05, 4.69) is 0 Å². The maximum Gasteiger partial charge on any atom is 0.330 e. The molecule has 0 N–H and O–H groups in total. The van der Waals surface area contributed by atoms with E-state index < -0.39 is 16.9 Å². The number of hydrogen-bond donors (Lipinski definition) is 0. The monoisotopic (exact) mass is 398 g/mol. The molecule has 0 aromatic heterocycles. The highest BCUT2D eigenvalue weighted by Crippen LogP contribution is 2.43. The van der Waals surface area contributed by atoms with Crippen LogP contribution in [0, 0.1) is 10.1 Å². The number of thioether (sulfide) groups is 1. The van der Waals surface area contributed by atoms with Crippen LogP contribution < -0.4 is 0 Å². The van der Waals surface area contributed by atoms with Gasteiger partial charge in [0.1, 0.15) is 12.6 Å². The van der Waals surface area contributed by atoms with Crippen LogP contribution in [-0.2, 0) is 20.9 Å². The number of nitro groups is 1. The summed E-state index contributed by atoms with van der Waals surface area (Å²) in [5.41, 5.74) is 0.648. The van der Waals surface area contributed by atoms with Crippen molar-refractivity contribution in [2.24, 2.45) is 0 Å². The fourth-order valence-corrected chi connectivity index (χ4v) is 5.01. The van der Waals surface area contributed by atoms with E-state index in [0.717, 1.165) is 11.3 Å². The zero-order valence-electron chi connectivity index (χ0n) is 14.9. The van der Waals surface area contributed by atoms with Gasteiger partial charge in [-0.15, -0.1) is 11.8 Å². The van der Waals surface area contributed by atoms with Gasteiger partial charge in [-0.1, -0.05) is 18.2 Å². The molecular weight excluding hydrogens is 380 g/mol. The SMILES string of the molecule is O=C(OCc1ccc([N+](=O)[O-])cc1)[C@@H]1[C@H](Sc2ccccc2)C[C@H]2CC(=O)N21. The molecule has 0 saturated carbocycles. The molecule has 2 heterocycles. The van der Waals surface area contributed by atoms with Gasteiger partial charge in [-0.2, -0.15) is 0 Å². The fourth-order valence-electron chi connectivity index (χ4n) is 3.66. The number of amides is 1. The van der Waals surface area contributed by atoms with Crippen molar-refractivity contribution in [2.75, 3.05) is 0 Å². The first-order chi connectivity index (χ1) is 13.5. The average Bonchev–Trinajstić information content (AvgIpc) is 2.99. The minimum Gasteiger partial charge on any atom is -0.459 e. The van der Waals surface area contributed by atoms with Crippen molar-refractivity contribution in [1.29, 1.82) is 0 Å². The summed E-state index contributed by atoms with van der Waals surface area (Å²) >= 11 is 1.59. The Bertz CT molecular complexity index is 903. The van der Waals surface area contributed by atoms with Crippen molar-refractivity contribution in [2.45, 2.75) is 41.7 Å². The number of esters is 1. The predicted molar refractivity (Wildman–Crippen MR) is 103 cm³/mol. The maximum atomic E-state index is 12.8. The van der Waals surface area contributed by atoms with Crippen molar-refractivity contribution < 1.29 is 19.2 Å². The van der Waals surface area contributed by atoms with E-state index in [9.17, 15) is 19.7 Å². The highest BCUT2D eigenvalue weighted by Gasteiger charge is 2.54. The Kier molecular flexibility index (Phi) is 5.04. The summed E-state index contributed by atoms with van der Waals surface area (Å²) in [7, 11) is 0. The third-order valence-electron chi connectivity index (χ3n) is 5.05. The Morgan fingerprint density at radius 3 is 2.54 bits per heavy atom. The van der Waals surface area contributed by atoms with E-state index in [1.807, 2.05) is 30.3 Å². The van der Waals surface area contributed by atoms with E-state index >= 15 is 0 Å². The van der Waals surface area contributed by atoms with E-state index in [4.69, 9.17) is 4.74 Å². The van der Waals surface area contributed by atoms with Crippen LogP contribution >= 0.6 is 11.8 Å². The molecule has 4 rings (SSSR count). The molecule has 0 unspecified atom stereocenters. The quantitative estimate of drug-likeness (QED) is 0.321. The largest absolute Gasteiger partial charge is 0.459 e. The number of carbonyl (C=O) groups excluding carboxylic acids is 2. The first kappa shape index (κ1) is 18.5. The van der Waals surface area contributed by atoms with Gasteiger partial charge in [0.15, 0.2) is 0 Å². The summed E-state index contributed by atoms with van der Waals surface area (Å²) in [6, 6.07) is 15.2. The minimum absolute atomic E-state index is 0.0146. The number of benzene rings is 2. The molecule has 0 aliphatic carbocycles. The van der Waals surface area contributed by atoms with Gasteiger partial charge in [-0.05, 0) is 36.2 Å². The second kappa shape index (κ2) is 7.63. The van der Waals surface area contributed by atoms with Crippen LogP contribution in [-0.4, -0.2) is 39.0 Å². The number of nitro benzene ring substituents is 1. The Morgan fingerprint density at radius 2 is 1.89 bits per heavy atom. The molecule has 2 aromatic rings. The first-order valence-corrected chi connectivity index (χ1v) is 9.84. The Balaban J connectivity index is 1.44. The fraction of sp³-hybridized carbons (Fsp3) is 0.300. The number of carbonyl (C=O) groups is 2. The molecule has 2 aromatic carbocycles. The van der Waals surface area contributed by atoms with Crippen molar-refractivity contribution >= 4 is 29.3 Å². The molecule has 0 radical (unpaired) electrons. The van der Waals surface area contributed by atoms with Crippen LogP contribution in [0.2, 0.25) is 0 Å². The molecule has 2 aliphatic rings. The molecule has 7 nitrogen and oxygen atoms in total. The topological polar surface area (TPSA) is 89.7 Å². The van der Waals surface area contributed by atoms with Crippen LogP contribution in [0.3, 0.4) is 0 Å². The highest BCUT2D eigenvalue weighted by molar-refractivity contribution is 8.00. The maximum absolute atomic E-state index is 12.8. The lowest BCUT2D eigenvalue weighted by Crippen LogP contribution is -2.55. The number of nitrogens with zero attached hydrogens (tertiary/aromatic N) is 2. The zero-order valence-corrected chi connectivity index (χ0v) is 15.7. The normalized spacial score (nSPS) is 23.1. The van der Waals surface area contributed by atoms with Gasteiger partial charge in [-0.3, -0.25) is 14.9 Å². The van der Waals surface area contributed by atoms with Gasteiger partial charge in [-0.25, -0.2) is 4.79 Å². The Hall–Kier alpha value is -2.87. The Morgan fingerprint density at radius 1 is 1.18 bits per heavy atom. The summed E-state index contributed by atoms with van der Waals surface area (Å²) in [4.78, 5) is 37.8. The van der Waals surface area contributed by atoms with Crippen LogP contribution in [0.4, 0.5) is 5.69 Å². The zero-order chi connectivity index (χ0) is 19.7. The second-order valence-electron chi connectivity index (χ2n) is 6.84. The number of non-ortho nitro benzene ring substituents is 1. The standard InChI is InChI=1S/C20H18N2O5S/c23-18-11-15-10-17(28-16-4-2-1-3-5-16)19(21(15)18)20(24)27-12-13-6-8-14(9-7-13)22(25)26/h1-9,15,17,19H,10-12H2/t15-,17+,19-/m0/s1. The second-order valence-corrected chi connectivity index (χ2v) is 8.15. The van der Waals surface area contributed by atoms with Crippen molar-refractivity contribution in [3.8, 4) is 0 Å². The third-order valence-corrected chi connectivity index (χ3v) is 6.35. The van der Waals surface area contributed by atoms with Crippen LogP contribution in [0.25, 0.3) is 0 Å². The van der Waals surface area contributed by atoms with Gasteiger partial charge in [0.05, 0.1) is 4.92 Å². The third kappa shape index (κ3) is 3.60. The molecule has 1 amide bonds. The Labute approximate surface area is 165 Å². The first-order valence-electron chi connectivity index (χ1n) is 8.96. The lowest BCUT2D eigenvalue weighted by molar-refractivity contribution is -0.384. The summed E-state index contributed by atoms with van der Waals surface area (Å²) in [6.07, 6.45) is 1.25. The number of ether oxygens (including phenoxy) is 1. The highest BCUT2D eigenvalue weighted by atomic mass is 32.2. The lowest BCUT2D eigenvalue weighted by Gasteiger charge is -2.37. The van der Waals surface area contributed by atoms with Gasteiger partial charge in [0.25, 0.3) is 5.69 Å². The van der Waals surface area contributed by atoms with Crippen LogP contribution in [0.5, 0.6) is 0 Å². The molecule has 3 atom stereocenters. The lowest BCUT2D eigenvalue weighted by atomic mass is 10.0. The molecule has 2 aliphatic heterocycles. The molecule has 0 bridgehead atoms. The summed E-state index contributed by atoms with van der Waals surface area (Å²) in [5.74, 6) is -0.444. The van der Waals surface area contributed by atoms with Crippen LogP contribution in [0.15, 0.2) is 59.5 Å². The van der Waals surface area contributed by atoms with Gasteiger partial charge in [0.2, 0.25) is 5.91 Å². The van der Waals surface area contributed by atoms with E-state index in [1.54, 1.807) is 28.8 Å². The van der Waals surface area contributed by atoms with E-state index in [1.165, 1.54) is 12.1 Å². The number of rotatable bonds is 6. The average molecular weight is 398 g/mol. The number of hydrogen-bond acceptors (Lipinski definition) is 6. The van der Waals surface area contributed by atoms with Crippen molar-refractivity contribution in [1.82, 2.24) is 4.90 Å². The van der Waals surface area contributed by atoms with Crippen LogP contribution in [0.1, 0.15) is 18.4 Å². The number of β-lactam (4-membered cyclic amide) rings is 1. The van der Waals surface area contributed by atoms with Crippen molar-refractivity contribution in [3.63, 3.8) is 0 Å². The molecular formula is C20H18N2O5S. The summed E-state index contributed by atoms with van der Waals surface area (Å²) < 4.78 is 5.47. The van der Waals surface area contributed by atoms with Gasteiger partial charge < -0.3 is 9.64 Å². The molecule has 2 fully saturated rings. The minimum atomic E-state index is -0.602. The molecule has 8 heteroatoms. The molecule has 2 saturated heterocycles. The molecule has 0 spiro atoms. The van der Waals surface area contributed by atoms with Crippen molar-refractivity contribution in [3.05, 3.63) is 70.3 Å². The van der Waals surface area contributed by atoms with E-state index in [0.29, 0.717) is 12.0 Å². The van der Waals surface area contributed by atoms with Gasteiger partial charge >= 0.3 is 5.97 Å². The predicted octanol–water partition coefficient (Wildman–Crippen LogP) is 3.17. The molecule has 144 valence electrons. The number of fused-ring (bicyclic) bond motifs is 1. The van der Waals surface area contributed by atoms with Gasteiger partial charge in [0, 0.05) is 34.7 Å². The summed E-state index contributed by atoms with van der Waals surface area (Å²) in [6.45, 7) is 0.0166. The summed E-state index contributed by atoms with van der Waals surface area (Å²) in [5, 5.41) is 10.7. The molecule has 28 heavy (non-hydrogen) atoms. The smallest absolute Gasteiger partial charge is 0.330 e.